The Kier molecular flexibility index (Phi) is 6.36. The van der Waals surface area contributed by atoms with E-state index in [2.05, 4.69) is 23.7 Å². The molecule has 23 heavy (non-hydrogen) atoms. The van der Waals surface area contributed by atoms with Crippen LogP contribution in [-0.4, -0.2) is 5.71 Å². The van der Waals surface area contributed by atoms with Crippen molar-refractivity contribution in [3.63, 3.8) is 0 Å². The van der Waals surface area contributed by atoms with Crippen LogP contribution >= 0.6 is 0 Å². The summed E-state index contributed by atoms with van der Waals surface area (Å²) in [6.07, 6.45) is 9.08. The molecular formula is C21H20N2. The number of hydrazone groups is 1. The standard InChI is InChI=1S/C21H20N2/c1-3-5-8-17-20(4-2)22-23-21(18-13-9-6-10-14-18)19-15-11-7-12-16-19/h3-17,22H,1-2H2/b8-5-,20-17+. The van der Waals surface area contributed by atoms with Crippen molar-refractivity contribution < 1.29 is 0 Å². The predicted octanol–water partition coefficient (Wildman–Crippen LogP) is 4.84. The summed E-state index contributed by atoms with van der Waals surface area (Å²) in [6, 6.07) is 20.2. The highest BCUT2D eigenvalue weighted by Crippen LogP contribution is 2.10. The first-order valence-electron chi connectivity index (χ1n) is 7.41. The van der Waals surface area contributed by atoms with Crippen LogP contribution in [-0.2, 0) is 0 Å². The fraction of sp³-hybridized carbons (Fsp3) is 0. The Morgan fingerprint density at radius 2 is 1.39 bits per heavy atom. The number of hydrogen-bond acceptors (Lipinski definition) is 2. The van der Waals surface area contributed by atoms with E-state index in [0.29, 0.717) is 0 Å². The van der Waals surface area contributed by atoms with Crippen LogP contribution < -0.4 is 5.43 Å². The van der Waals surface area contributed by atoms with Crippen molar-refractivity contribution >= 4 is 5.71 Å². The van der Waals surface area contributed by atoms with Crippen LogP contribution in [0.2, 0.25) is 0 Å². The summed E-state index contributed by atoms with van der Waals surface area (Å²) < 4.78 is 0. The quantitative estimate of drug-likeness (QED) is 0.441. The van der Waals surface area contributed by atoms with Gasteiger partial charge in [0.25, 0.3) is 0 Å². The Balaban J connectivity index is 2.34. The number of allylic oxidation sites excluding steroid dienone is 5. The van der Waals surface area contributed by atoms with Gasteiger partial charge in [-0.05, 0) is 12.2 Å². The minimum absolute atomic E-state index is 0.812. The molecule has 0 atom stereocenters. The first-order chi connectivity index (χ1) is 11.3. The van der Waals surface area contributed by atoms with Gasteiger partial charge < -0.3 is 0 Å². The third kappa shape index (κ3) is 4.97. The highest BCUT2D eigenvalue weighted by Gasteiger charge is 2.06. The second kappa shape index (κ2) is 9.00. The summed E-state index contributed by atoms with van der Waals surface area (Å²) in [4.78, 5) is 0. The molecule has 114 valence electrons. The largest absolute Gasteiger partial charge is 0.278 e. The van der Waals surface area contributed by atoms with Gasteiger partial charge in [0.1, 0.15) is 0 Å². The zero-order chi connectivity index (χ0) is 16.3. The molecule has 0 spiro atoms. The fourth-order valence-electron chi connectivity index (χ4n) is 2.00. The van der Waals surface area contributed by atoms with Crippen molar-refractivity contribution in [2.24, 2.45) is 5.10 Å². The molecule has 0 unspecified atom stereocenters. The van der Waals surface area contributed by atoms with Crippen molar-refractivity contribution in [3.05, 3.63) is 121 Å². The van der Waals surface area contributed by atoms with Crippen LogP contribution in [0.15, 0.2) is 115 Å². The molecule has 0 saturated heterocycles. The molecule has 0 radical (unpaired) electrons. The van der Waals surface area contributed by atoms with Gasteiger partial charge in [-0.1, -0.05) is 92.0 Å². The summed E-state index contributed by atoms with van der Waals surface area (Å²) in [6.45, 7) is 7.45. The lowest BCUT2D eigenvalue weighted by Crippen LogP contribution is -2.11. The van der Waals surface area contributed by atoms with E-state index in [4.69, 9.17) is 0 Å². The Bertz CT molecular complexity index is 681. The molecule has 0 aromatic heterocycles. The number of nitrogens with one attached hydrogen (secondary N) is 1. The molecule has 0 aliphatic rings. The molecule has 0 amide bonds. The molecule has 2 aromatic carbocycles. The molecule has 0 bridgehead atoms. The third-order valence-electron chi connectivity index (χ3n) is 3.13. The molecule has 2 nitrogen and oxygen atoms in total. The van der Waals surface area contributed by atoms with Gasteiger partial charge in [-0.2, -0.15) is 5.10 Å². The molecular weight excluding hydrogens is 280 g/mol. The minimum Gasteiger partial charge on any atom is -0.278 e. The summed E-state index contributed by atoms with van der Waals surface area (Å²) in [5, 5.41) is 4.58. The number of nitrogens with zero attached hydrogens (tertiary/aromatic N) is 1. The van der Waals surface area contributed by atoms with E-state index < -0.39 is 0 Å². The van der Waals surface area contributed by atoms with Crippen LogP contribution in [0.25, 0.3) is 0 Å². The summed E-state index contributed by atoms with van der Waals surface area (Å²) in [7, 11) is 0. The number of rotatable bonds is 7. The fourth-order valence-corrected chi connectivity index (χ4v) is 2.00. The zero-order valence-electron chi connectivity index (χ0n) is 13.0. The van der Waals surface area contributed by atoms with Gasteiger partial charge in [-0.25, -0.2) is 0 Å². The third-order valence-corrected chi connectivity index (χ3v) is 3.13. The maximum atomic E-state index is 4.58. The lowest BCUT2D eigenvalue weighted by Gasteiger charge is -2.08. The van der Waals surface area contributed by atoms with Gasteiger partial charge in [0, 0.05) is 11.1 Å². The van der Waals surface area contributed by atoms with E-state index in [1.54, 1.807) is 12.2 Å². The second-order valence-electron chi connectivity index (χ2n) is 4.75. The molecule has 0 fully saturated rings. The van der Waals surface area contributed by atoms with E-state index in [1.165, 1.54) is 0 Å². The maximum Gasteiger partial charge on any atom is 0.0977 e. The Labute approximate surface area is 137 Å². The average Bonchev–Trinajstić information content (AvgIpc) is 2.62. The first-order valence-corrected chi connectivity index (χ1v) is 7.41. The maximum absolute atomic E-state index is 4.58. The highest BCUT2D eigenvalue weighted by atomic mass is 15.3. The molecule has 1 N–H and O–H groups in total. The van der Waals surface area contributed by atoms with Crippen LogP contribution in [0.5, 0.6) is 0 Å². The van der Waals surface area contributed by atoms with Gasteiger partial charge in [0.2, 0.25) is 0 Å². The van der Waals surface area contributed by atoms with E-state index in [0.717, 1.165) is 22.5 Å². The smallest absolute Gasteiger partial charge is 0.0977 e. The van der Waals surface area contributed by atoms with Gasteiger partial charge in [0.15, 0.2) is 0 Å². The van der Waals surface area contributed by atoms with Crippen molar-refractivity contribution in [1.29, 1.82) is 0 Å². The number of benzene rings is 2. The first kappa shape index (κ1) is 16.2. The van der Waals surface area contributed by atoms with E-state index in [9.17, 15) is 0 Å². The van der Waals surface area contributed by atoms with Gasteiger partial charge >= 0.3 is 0 Å². The zero-order valence-corrected chi connectivity index (χ0v) is 13.0. The van der Waals surface area contributed by atoms with Crippen LogP contribution in [0.1, 0.15) is 11.1 Å². The van der Waals surface area contributed by atoms with E-state index in [-0.39, 0.29) is 0 Å². The Hall–Kier alpha value is -3.13. The molecule has 2 heteroatoms. The molecule has 0 aliphatic heterocycles. The molecule has 2 aromatic rings. The second-order valence-corrected chi connectivity index (χ2v) is 4.75. The molecule has 0 heterocycles. The lowest BCUT2D eigenvalue weighted by molar-refractivity contribution is 0.918. The SMILES string of the molecule is C=C/C=C\C=C(/C=C)NN=C(c1ccccc1)c1ccccc1. The molecule has 2 rings (SSSR count). The average molecular weight is 300 g/mol. The number of hydrogen-bond donors (Lipinski definition) is 1. The van der Waals surface area contributed by atoms with E-state index >= 15 is 0 Å². The highest BCUT2D eigenvalue weighted by molar-refractivity contribution is 6.12. The molecule has 0 saturated carbocycles. The van der Waals surface area contributed by atoms with Crippen molar-refractivity contribution in [2.45, 2.75) is 0 Å². The van der Waals surface area contributed by atoms with Crippen molar-refractivity contribution in [1.82, 2.24) is 5.43 Å². The van der Waals surface area contributed by atoms with Crippen molar-refractivity contribution in [2.75, 3.05) is 0 Å². The predicted molar refractivity (Wildman–Crippen MR) is 99.3 cm³/mol. The Morgan fingerprint density at radius 1 is 0.826 bits per heavy atom. The summed E-state index contributed by atoms with van der Waals surface area (Å²) >= 11 is 0. The normalized spacial score (nSPS) is 11.0. The van der Waals surface area contributed by atoms with Crippen LogP contribution in [0, 0.1) is 0 Å². The summed E-state index contributed by atoms with van der Waals surface area (Å²) in [5.74, 6) is 0. The summed E-state index contributed by atoms with van der Waals surface area (Å²) in [5.41, 5.74) is 6.87. The van der Waals surface area contributed by atoms with Gasteiger partial charge in [0.05, 0.1) is 11.4 Å². The lowest BCUT2D eigenvalue weighted by atomic mass is 10.0. The topological polar surface area (TPSA) is 24.4 Å². The van der Waals surface area contributed by atoms with Gasteiger partial charge in [-0.15, -0.1) is 0 Å². The minimum atomic E-state index is 0.812. The monoisotopic (exact) mass is 300 g/mol. The van der Waals surface area contributed by atoms with Crippen LogP contribution in [0.3, 0.4) is 0 Å². The Morgan fingerprint density at radius 3 is 1.87 bits per heavy atom. The van der Waals surface area contributed by atoms with Crippen LogP contribution in [0.4, 0.5) is 0 Å². The van der Waals surface area contributed by atoms with Gasteiger partial charge in [-0.3, -0.25) is 5.43 Å². The van der Waals surface area contributed by atoms with Crippen molar-refractivity contribution in [3.8, 4) is 0 Å². The molecule has 0 aliphatic carbocycles. The van der Waals surface area contributed by atoms with E-state index in [1.807, 2.05) is 78.9 Å².